The summed E-state index contributed by atoms with van der Waals surface area (Å²) >= 11 is 2.92. The maximum Gasteiger partial charge on any atom is 0.257 e. The molecule has 9 heteroatoms. The smallest absolute Gasteiger partial charge is 0.257 e. The first-order valence-corrected chi connectivity index (χ1v) is 10.6. The summed E-state index contributed by atoms with van der Waals surface area (Å²) in [6, 6.07) is 9.69. The first kappa shape index (κ1) is 17.7. The van der Waals surface area contributed by atoms with Crippen LogP contribution >= 0.6 is 22.7 Å². The topological polar surface area (TPSA) is 88.2 Å². The normalized spacial score (nSPS) is 11.4. The van der Waals surface area contributed by atoms with Gasteiger partial charge in [0.2, 0.25) is 10.0 Å². The molecule has 1 amide bonds. The predicted octanol–water partition coefficient (Wildman–Crippen LogP) is 3.42. The van der Waals surface area contributed by atoms with Crippen LogP contribution in [-0.2, 0) is 10.0 Å². The van der Waals surface area contributed by atoms with Crippen molar-refractivity contribution in [3.05, 3.63) is 52.7 Å². The van der Waals surface area contributed by atoms with Gasteiger partial charge < -0.3 is 0 Å². The van der Waals surface area contributed by atoms with Gasteiger partial charge in [-0.2, -0.15) is 0 Å². The number of nitrogens with zero attached hydrogens (tertiary/aromatic N) is 1. The second-order valence-electron chi connectivity index (χ2n) is 5.00. The maximum absolute atomic E-state index is 12.3. The van der Waals surface area contributed by atoms with E-state index in [0.717, 1.165) is 10.6 Å². The molecule has 0 spiro atoms. The van der Waals surface area contributed by atoms with Crippen molar-refractivity contribution in [2.45, 2.75) is 11.8 Å². The van der Waals surface area contributed by atoms with Crippen LogP contribution < -0.4 is 10.0 Å². The second kappa shape index (κ2) is 7.44. The lowest BCUT2D eigenvalue weighted by Crippen LogP contribution is -2.23. The van der Waals surface area contributed by atoms with Gasteiger partial charge in [0.25, 0.3) is 5.91 Å². The Morgan fingerprint density at radius 1 is 1.16 bits per heavy atom. The summed E-state index contributed by atoms with van der Waals surface area (Å²) in [7, 11) is -3.52. The Hall–Kier alpha value is -2.07. The van der Waals surface area contributed by atoms with Crippen LogP contribution in [0.4, 0.5) is 5.13 Å². The Morgan fingerprint density at radius 3 is 2.56 bits per heavy atom. The Kier molecular flexibility index (Phi) is 5.28. The third kappa shape index (κ3) is 4.13. The van der Waals surface area contributed by atoms with Crippen molar-refractivity contribution in [2.75, 3.05) is 11.9 Å². The molecule has 0 atom stereocenters. The Balaban J connectivity index is 1.71. The maximum atomic E-state index is 12.3. The molecule has 130 valence electrons. The Morgan fingerprint density at radius 2 is 1.92 bits per heavy atom. The van der Waals surface area contributed by atoms with E-state index >= 15 is 0 Å². The zero-order chi connectivity index (χ0) is 17.9. The Bertz CT molecular complexity index is 962. The van der Waals surface area contributed by atoms with Crippen LogP contribution in [0.5, 0.6) is 0 Å². The van der Waals surface area contributed by atoms with Gasteiger partial charge in [-0.25, -0.2) is 18.1 Å². The molecule has 0 aliphatic carbocycles. The summed E-state index contributed by atoms with van der Waals surface area (Å²) in [5, 5.41) is 7.08. The van der Waals surface area contributed by atoms with E-state index in [1.807, 2.05) is 22.9 Å². The summed E-state index contributed by atoms with van der Waals surface area (Å²) < 4.78 is 26.2. The van der Waals surface area contributed by atoms with E-state index in [9.17, 15) is 13.2 Å². The number of carbonyl (C=O) groups is 1. The first-order valence-electron chi connectivity index (χ1n) is 7.40. The van der Waals surface area contributed by atoms with Gasteiger partial charge in [-0.05, 0) is 35.7 Å². The molecule has 0 saturated carbocycles. The molecule has 0 radical (unpaired) electrons. The number of hydrogen-bond donors (Lipinski definition) is 2. The highest BCUT2D eigenvalue weighted by molar-refractivity contribution is 7.89. The zero-order valence-electron chi connectivity index (χ0n) is 13.2. The third-order valence-corrected chi connectivity index (χ3v) is 6.47. The van der Waals surface area contributed by atoms with Crippen LogP contribution in [0.1, 0.15) is 17.3 Å². The lowest BCUT2D eigenvalue weighted by molar-refractivity contribution is 0.102. The number of hydrogen-bond acceptors (Lipinski definition) is 6. The van der Waals surface area contributed by atoms with Crippen molar-refractivity contribution in [3.63, 3.8) is 0 Å². The molecule has 0 unspecified atom stereocenters. The molecule has 0 saturated heterocycles. The van der Waals surface area contributed by atoms with Gasteiger partial charge in [0.15, 0.2) is 5.13 Å². The largest absolute Gasteiger partial charge is 0.298 e. The van der Waals surface area contributed by atoms with Crippen molar-refractivity contribution in [2.24, 2.45) is 0 Å². The van der Waals surface area contributed by atoms with Gasteiger partial charge in [0.1, 0.15) is 0 Å². The number of nitrogens with one attached hydrogen (secondary N) is 2. The van der Waals surface area contributed by atoms with Gasteiger partial charge in [0, 0.05) is 17.5 Å². The molecule has 2 heterocycles. The number of carbonyl (C=O) groups excluding carboxylic acids is 1. The number of anilines is 1. The van der Waals surface area contributed by atoms with Crippen molar-refractivity contribution < 1.29 is 13.2 Å². The lowest BCUT2D eigenvalue weighted by atomic mass is 10.2. The lowest BCUT2D eigenvalue weighted by Gasteiger charge is -2.06. The number of sulfonamides is 1. The monoisotopic (exact) mass is 393 g/mol. The second-order valence-corrected chi connectivity index (χ2v) is 8.57. The molecule has 1 aromatic carbocycles. The van der Waals surface area contributed by atoms with E-state index in [-0.39, 0.29) is 10.8 Å². The highest BCUT2D eigenvalue weighted by atomic mass is 32.2. The molecule has 6 nitrogen and oxygen atoms in total. The van der Waals surface area contributed by atoms with Gasteiger partial charge in [-0.15, -0.1) is 22.7 Å². The van der Waals surface area contributed by atoms with Gasteiger partial charge in [-0.1, -0.05) is 13.0 Å². The number of thiazole rings is 1. The number of aromatic nitrogens is 1. The fourth-order valence-corrected chi connectivity index (χ4v) is 4.60. The average Bonchev–Trinajstić information content (AvgIpc) is 3.26. The minimum Gasteiger partial charge on any atom is -0.298 e. The first-order chi connectivity index (χ1) is 12.0. The molecule has 3 aromatic rings. The van der Waals surface area contributed by atoms with Crippen LogP contribution in [0.3, 0.4) is 0 Å². The fourth-order valence-electron chi connectivity index (χ4n) is 2.10. The molecule has 25 heavy (non-hydrogen) atoms. The summed E-state index contributed by atoms with van der Waals surface area (Å²) in [5.41, 5.74) is 1.19. The number of thiophene rings is 1. The zero-order valence-corrected chi connectivity index (χ0v) is 15.7. The minimum absolute atomic E-state index is 0.125. The van der Waals surface area contributed by atoms with E-state index in [1.54, 1.807) is 18.3 Å². The SMILES string of the molecule is CCNS(=O)(=O)c1ccc(C(=O)Nc2nc(-c3cccs3)cs2)cc1. The number of rotatable bonds is 6. The molecule has 3 rings (SSSR count). The van der Waals surface area contributed by atoms with Crippen LogP contribution in [0, 0.1) is 0 Å². The molecule has 0 fully saturated rings. The highest BCUT2D eigenvalue weighted by Crippen LogP contribution is 2.28. The summed E-state index contributed by atoms with van der Waals surface area (Å²) in [4.78, 5) is 17.8. The molecular weight excluding hydrogens is 378 g/mol. The third-order valence-electron chi connectivity index (χ3n) is 3.26. The summed E-state index contributed by atoms with van der Waals surface area (Å²) in [6.07, 6.45) is 0. The van der Waals surface area contributed by atoms with Crippen molar-refractivity contribution >= 4 is 43.7 Å². The van der Waals surface area contributed by atoms with E-state index in [2.05, 4.69) is 15.0 Å². The number of amides is 1. The predicted molar refractivity (Wildman–Crippen MR) is 101 cm³/mol. The van der Waals surface area contributed by atoms with E-state index in [1.165, 1.54) is 35.6 Å². The van der Waals surface area contributed by atoms with Crippen LogP contribution in [0.25, 0.3) is 10.6 Å². The molecule has 2 aromatic heterocycles. The van der Waals surface area contributed by atoms with Gasteiger partial charge in [-0.3, -0.25) is 10.1 Å². The fraction of sp³-hybridized carbons (Fsp3) is 0.125. The standard InChI is InChI=1S/C16H15N3O3S3/c1-2-17-25(21,22)12-7-5-11(6-8-12)15(20)19-16-18-13(10-24-16)14-4-3-9-23-14/h3-10,17H,2H2,1H3,(H,18,19,20). The van der Waals surface area contributed by atoms with E-state index in [4.69, 9.17) is 0 Å². The molecule has 0 bridgehead atoms. The molecule has 0 aliphatic heterocycles. The summed E-state index contributed by atoms with van der Waals surface area (Å²) in [5.74, 6) is -0.334. The highest BCUT2D eigenvalue weighted by Gasteiger charge is 2.14. The van der Waals surface area contributed by atoms with Crippen LogP contribution in [0.2, 0.25) is 0 Å². The molecule has 0 aliphatic rings. The van der Waals surface area contributed by atoms with Crippen LogP contribution in [-0.4, -0.2) is 25.9 Å². The Labute approximate surface area is 153 Å². The van der Waals surface area contributed by atoms with Gasteiger partial charge in [0.05, 0.1) is 15.5 Å². The van der Waals surface area contributed by atoms with Crippen molar-refractivity contribution in [1.29, 1.82) is 0 Å². The van der Waals surface area contributed by atoms with Gasteiger partial charge >= 0.3 is 0 Å². The molecule has 2 N–H and O–H groups in total. The van der Waals surface area contributed by atoms with Crippen molar-refractivity contribution in [3.8, 4) is 10.6 Å². The van der Waals surface area contributed by atoms with E-state index < -0.39 is 10.0 Å². The minimum atomic E-state index is -3.52. The van der Waals surface area contributed by atoms with E-state index in [0.29, 0.717) is 17.2 Å². The van der Waals surface area contributed by atoms with Crippen LogP contribution in [0.15, 0.2) is 52.1 Å². The molecular formula is C16H15N3O3S3. The van der Waals surface area contributed by atoms with Crippen molar-refractivity contribution in [1.82, 2.24) is 9.71 Å². The summed E-state index contributed by atoms with van der Waals surface area (Å²) in [6.45, 7) is 2.01. The average molecular weight is 394 g/mol. The number of benzene rings is 1. The quantitative estimate of drug-likeness (QED) is 0.672.